The van der Waals surface area contributed by atoms with Crippen molar-refractivity contribution in [3.8, 4) is 0 Å². The van der Waals surface area contributed by atoms with Gasteiger partial charge in [-0.25, -0.2) is 15.0 Å². The van der Waals surface area contributed by atoms with Crippen molar-refractivity contribution in [2.24, 2.45) is 0 Å². The molecule has 0 saturated carbocycles. The van der Waals surface area contributed by atoms with Crippen LogP contribution in [0.25, 0.3) is 0 Å². The van der Waals surface area contributed by atoms with E-state index in [1.54, 1.807) is 11.3 Å². The number of anilines is 1. The molecule has 0 aliphatic carbocycles. The van der Waals surface area contributed by atoms with Crippen molar-refractivity contribution in [3.05, 3.63) is 34.5 Å². The quantitative estimate of drug-likeness (QED) is 0.849. The van der Waals surface area contributed by atoms with E-state index in [1.165, 1.54) is 5.01 Å². The summed E-state index contributed by atoms with van der Waals surface area (Å²) < 4.78 is 6.23. The predicted molar refractivity (Wildman–Crippen MR) is 94.3 cm³/mol. The molecule has 2 aromatic heterocycles. The topological polar surface area (TPSA) is 54.4 Å². The van der Waals surface area contributed by atoms with Gasteiger partial charge in [-0.3, -0.25) is 4.90 Å². The molecule has 2 fully saturated rings. The first-order valence-electron chi connectivity index (χ1n) is 8.51. The van der Waals surface area contributed by atoms with Crippen LogP contribution in [0.5, 0.6) is 0 Å². The van der Waals surface area contributed by atoms with Crippen LogP contribution in [-0.4, -0.2) is 58.2 Å². The lowest BCUT2D eigenvalue weighted by atomic mass is 9.89. The molecule has 0 atom stereocenters. The van der Waals surface area contributed by atoms with Crippen LogP contribution in [-0.2, 0) is 11.3 Å². The van der Waals surface area contributed by atoms with E-state index in [-0.39, 0.29) is 5.60 Å². The molecule has 2 aliphatic heterocycles. The number of hydrogen-bond donors (Lipinski definition) is 0. The Bertz CT molecular complexity index is 652. The van der Waals surface area contributed by atoms with Gasteiger partial charge in [0.05, 0.1) is 18.8 Å². The Morgan fingerprint density at radius 2 is 1.96 bits per heavy atom. The summed E-state index contributed by atoms with van der Waals surface area (Å²) in [6.45, 7) is 7.66. The van der Waals surface area contributed by atoms with Crippen molar-refractivity contribution in [1.29, 1.82) is 0 Å². The summed E-state index contributed by atoms with van der Waals surface area (Å²) in [6, 6.07) is 0. The van der Waals surface area contributed by atoms with Crippen molar-refractivity contribution in [1.82, 2.24) is 19.9 Å². The van der Waals surface area contributed by atoms with E-state index in [0.29, 0.717) is 0 Å². The minimum atomic E-state index is -0.0172. The van der Waals surface area contributed by atoms with Crippen LogP contribution in [0.1, 0.15) is 23.4 Å². The Labute approximate surface area is 146 Å². The summed E-state index contributed by atoms with van der Waals surface area (Å²) >= 11 is 1.73. The highest BCUT2D eigenvalue weighted by molar-refractivity contribution is 7.09. The molecule has 2 aromatic rings. The molecular weight excluding hydrogens is 322 g/mol. The highest BCUT2D eigenvalue weighted by atomic mass is 32.1. The second-order valence-corrected chi connectivity index (χ2v) is 7.69. The van der Waals surface area contributed by atoms with Crippen molar-refractivity contribution in [3.63, 3.8) is 0 Å². The zero-order valence-electron chi connectivity index (χ0n) is 14.0. The lowest BCUT2D eigenvalue weighted by Gasteiger charge is -2.47. The van der Waals surface area contributed by atoms with Gasteiger partial charge < -0.3 is 9.64 Å². The predicted octanol–water partition coefficient (Wildman–Crippen LogP) is 2.11. The van der Waals surface area contributed by atoms with Crippen LogP contribution in [0.4, 0.5) is 5.95 Å². The molecular formula is C17H23N5OS. The molecule has 1 spiro atoms. The normalized spacial score (nSPS) is 21.3. The van der Waals surface area contributed by atoms with Gasteiger partial charge in [0.1, 0.15) is 5.01 Å². The number of aromatic nitrogens is 3. The fourth-order valence-corrected chi connectivity index (χ4v) is 4.20. The molecule has 128 valence electrons. The van der Waals surface area contributed by atoms with Crippen molar-refractivity contribution < 1.29 is 4.74 Å². The Hall–Kier alpha value is -1.57. The average Bonchev–Trinajstić information content (AvgIpc) is 3.10. The van der Waals surface area contributed by atoms with Crippen LogP contribution in [0, 0.1) is 6.92 Å². The van der Waals surface area contributed by atoms with Crippen molar-refractivity contribution >= 4 is 17.3 Å². The first kappa shape index (κ1) is 15.9. The van der Waals surface area contributed by atoms with Gasteiger partial charge >= 0.3 is 0 Å². The summed E-state index contributed by atoms with van der Waals surface area (Å²) in [6.07, 6.45) is 7.71. The third kappa shape index (κ3) is 3.43. The maximum absolute atomic E-state index is 6.23. The van der Waals surface area contributed by atoms with E-state index in [0.717, 1.165) is 63.7 Å². The summed E-state index contributed by atoms with van der Waals surface area (Å²) in [5, 5.41) is 3.24. The molecule has 0 bridgehead atoms. The van der Waals surface area contributed by atoms with Gasteiger partial charge in [0.2, 0.25) is 5.95 Å². The molecule has 24 heavy (non-hydrogen) atoms. The number of hydrogen-bond acceptors (Lipinski definition) is 7. The first-order chi connectivity index (χ1) is 11.7. The van der Waals surface area contributed by atoms with Gasteiger partial charge in [-0.2, -0.15) is 0 Å². The Morgan fingerprint density at radius 3 is 2.67 bits per heavy atom. The van der Waals surface area contributed by atoms with E-state index in [4.69, 9.17) is 4.74 Å². The average molecular weight is 345 g/mol. The standard InChI is InChI=1S/C17H23N5OS/c1-14-10-19-16(20-11-14)22-5-2-17(3-6-22)13-21(7-8-23-17)12-15-18-4-9-24-15/h4,9-11H,2-3,5-8,12-13H2,1H3. The molecule has 7 heteroatoms. The number of thiazole rings is 1. The van der Waals surface area contributed by atoms with E-state index < -0.39 is 0 Å². The number of piperidine rings is 1. The van der Waals surface area contributed by atoms with Crippen LogP contribution < -0.4 is 4.90 Å². The van der Waals surface area contributed by atoms with E-state index in [9.17, 15) is 0 Å². The van der Waals surface area contributed by atoms with Gasteiger partial charge in [0, 0.05) is 50.1 Å². The summed E-state index contributed by atoms with van der Waals surface area (Å²) in [4.78, 5) is 18.1. The van der Waals surface area contributed by atoms with Crippen LogP contribution in [0.3, 0.4) is 0 Å². The highest BCUT2D eigenvalue weighted by Gasteiger charge is 2.40. The summed E-state index contributed by atoms with van der Waals surface area (Å²) in [5.41, 5.74) is 1.08. The zero-order valence-corrected chi connectivity index (χ0v) is 14.8. The monoisotopic (exact) mass is 345 g/mol. The Kier molecular flexibility index (Phi) is 4.47. The molecule has 4 rings (SSSR count). The molecule has 0 N–H and O–H groups in total. The fourth-order valence-electron chi connectivity index (χ4n) is 3.55. The van der Waals surface area contributed by atoms with E-state index in [2.05, 4.69) is 24.8 Å². The lowest BCUT2D eigenvalue weighted by molar-refractivity contribution is -0.122. The van der Waals surface area contributed by atoms with Crippen molar-refractivity contribution in [2.75, 3.05) is 37.7 Å². The summed E-state index contributed by atoms with van der Waals surface area (Å²) in [7, 11) is 0. The number of nitrogens with zero attached hydrogens (tertiary/aromatic N) is 5. The second-order valence-electron chi connectivity index (χ2n) is 6.72. The maximum Gasteiger partial charge on any atom is 0.225 e. The van der Waals surface area contributed by atoms with E-state index in [1.807, 2.05) is 30.9 Å². The van der Waals surface area contributed by atoms with E-state index >= 15 is 0 Å². The highest BCUT2D eigenvalue weighted by Crippen LogP contribution is 2.31. The molecule has 4 heterocycles. The van der Waals surface area contributed by atoms with Crippen LogP contribution >= 0.6 is 11.3 Å². The Balaban J connectivity index is 1.37. The van der Waals surface area contributed by atoms with Crippen LogP contribution in [0.15, 0.2) is 24.0 Å². The van der Waals surface area contributed by atoms with Gasteiger partial charge in [-0.15, -0.1) is 11.3 Å². The van der Waals surface area contributed by atoms with Gasteiger partial charge in [-0.05, 0) is 25.3 Å². The van der Waals surface area contributed by atoms with Gasteiger partial charge in [0.15, 0.2) is 0 Å². The third-order valence-electron chi connectivity index (χ3n) is 4.89. The smallest absolute Gasteiger partial charge is 0.225 e. The fraction of sp³-hybridized carbons (Fsp3) is 0.588. The molecule has 0 radical (unpaired) electrons. The molecule has 0 unspecified atom stereocenters. The number of rotatable bonds is 3. The molecule has 0 amide bonds. The Morgan fingerprint density at radius 1 is 1.17 bits per heavy atom. The molecule has 2 aliphatic rings. The second kappa shape index (κ2) is 6.74. The SMILES string of the molecule is Cc1cnc(N2CCC3(CC2)CN(Cc2nccs2)CCO3)nc1. The molecule has 0 aromatic carbocycles. The van der Waals surface area contributed by atoms with Gasteiger partial charge in [-0.1, -0.05) is 0 Å². The lowest BCUT2D eigenvalue weighted by Crippen LogP contribution is -2.56. The number of morpholine rings is 1. The maximum atomic E-state index is 6.23. The third-order valence-corrected chi connectivity index (χ3v) is 5.66. The minimum absolute atomic E-state index is 0.0172. The van der Waals surface area contributed by atoms with Crippen molar-refractivity contribution in [2.45, 2.75) is 31.9 Å². The summed E-state index contributed by atoms with van der Waals surface area (Å²) in [5.74, 6) is 0.839. The largest absolute Gasteiger partial charge is 0.372 e. The molecule has 2 saturated heterocycles. The minimum Gasteiger partial charge on any atom is -0.372 e. The first-order valence-corrected chi connectivity index (χ1v) is 9.39. The van der Waals surface area contributed by atoms with Crippen LogP contribution in [0.2, 0.25) is 0 Å². The number of ether oxygens (including phenoxy) is 1. The zero-order chi connectivity index (χ0) is 16.4. The molecule has 6 nitrogen and oxygen atoms in total. The number of aryl methyl sites for hydroxylation is 1. The van der Waals surface area contributed by atoms with Gasteiger partial charge in [0.25, 0.3) is 0 Å².